The van der Waals surface area contributed by atoms with Gasteiger partial charge in [-0.1, -0.05) is 6.92 Å². The predicted molar refractivity (Wildman–Crippen MR) is 72.3 cm³/mol. The smallest absolute Gasteiger partial charge is 0.132 e. The summed E-state index contributed by atoms with van der Waals surface area (Å²) in [5, 5.41) is 0. The van der Waals surface area contributed by atoms with Crippen LogP contribution < -0.4 is 5.73 Å². The molecule has 0 atom stereocenters. The average Bonchev–Trinajstić information content (AvgIpc) is 3.15. The molecule has 0 aliphatic heterocycles. The Labute approximate surface area is 107 Å². The molecule has 2 aromatic heterocycles. The van der Waals surface area contributed by atoms with E-state index in [0.717, 1.165) is 35.0 Å². The summed E-state index contributed by atoms with van der Waals surface area (Å²) in [6.07, 6.45) is 5.21. The van der Waals surface area contributed by atoms with Crippen LogP contribution in [-0.4, -0.2) is 14.5 Å². The Balaban J connectivity index is 2.09. The van der Waals surface area contributed by atoms with E-state index in [1.54, 1.807) is 0 Å². The lowest BCUT2D eigenvalue weighted by molar-refractivity contribution is 0.696. The highest BCUT2D eigenvalue weighted by Gasteiger charge is 2.29. The van der Waals surface area contributed by atoms with Gasteiger partial charge in [0.05, 0.1) is 0 Å². The van der Waals surface area contributed by atoms with E-state index in [0.29, 0.717) is 6.04 Å². The minimum Gasteiger partial charge on any atom is -0.383 e. The molecule has 1 aliphatic carbocycles. The summed E-state index contributed by atoms with van der Waals surface area (Å²) < 4.78 is 2.20. The van der Waals surface area contributed by atoms with Crippen molar-refractivity contribution in [2.75, 3.05) is 5.73 Å². The van der Waals surface area contributed by atoms with Gasteiger partial charge in [-0.05, 0) is 31.9 Å². The summed E-state index contributed by atoms with van der Waals surface area (Å²) in [5.41, 5.74) is 9.16. The standard InChI is InChI=1S/C14H18N4/c1-3-12-17-13(10-5-4-9(2)16-8-10)14(15)18(12)11-6-7-11/h4-5,8,11H,3,6-7,15H2,1-2H3. The molecule has 0 radical (unpaired) electrons. The second-order valence-electron chi connectivity index (χ2n) is 4.90. The van der Waals surface area contributed by atoms with Crippen molar-refractivity contribution in [1.29, 1.82) is 0 Å². The zero-order chi connectivity index (χ0) is 12.7. The van der Waals surface area contributed by atoms with Gasteiger partial charge >= 0.3 is 0 Å². The molecule has 1 fully saturated rings. The Hall–Kier alpha value is -1.84. The first-order valence-corrected chi connectivity index (χ1v) is 6.50. The molecule has 2 N–H and O–H groups in total. The van der Waals surface area contributed by atoms with Gasteiger partial charge in [-0.15, -0.1) is 0 Å². The van der Waals surface area contributed by atoms with Crippen molar-refractivity contribution in [3.63, 3.8) is 0 Å². The van der Waals surface area contributed by atoms with Crippen LogP contribution >= 0.6 is 0 Å². The van der Waals surface area contributed by atoms with Crippen molar-refractivity contribution in [3.8, 4) is 11.3 Å². The summed E-state index contributed by atoms with van der Waals surface area (Å²) in [6, 6.07) is 4.61. The molecule has 1 aliphatic rings. The van der Waals surface area contributed by atoms with Gasteiger partial charge < -0.3 is 10.3 Å². The van der Waals surface area contributed by atoms with Crippen LogP contribution in [-0.2, 0) is 6.42 Å². The van der Waals surface area contributed by atoms with E-state index in [4.69, 9.17) is 5.73 Å². The molecular weight excluding hydrogens is 224 g/mol. The van der Waals surface area contributed by atoms with Gasteiger partial charge in [0.25, 0.3) is 0 Å². The zero-order valence-corrected chi connectivity index (χ0v) is 10.8. The van der Waals surface area contributed by atoms with Gasteiger partial charge in [-0.2, -0.15) is 0 Å². The second kappa shape index (κ2) is 4.12. The molecule has 0 aromatic carbocycles. The first-order valence-electron chi connectivity index (χ1n) is 6.50. The minimum atomic E-state index is 0.569. The molecule has 94 valence electrons. The normalized spacial score (nSPS) is 15.0. The summed E-state index contributed by atoms with van der Waals surface area (Å²) in [5.74, 6) is 1.88. The number of aryl methyl sites for hydroxylation is 2. The Kier molecular flexibility index (Phi) is 2.58. The molecule has 2 heterocycles. The Bertz CT molecular complexity index is 564. The van der Waals surface area contributed by atoms with Crippen molar-refractivity contribution in [2.24, 2.45) is 0 Å². The fraction of sp³-hybridized carbons (Fsp3) is 0.429. The van der Waals surface area contributed by atoms with Crippen molar-refractivity contribution >= 4 is 5.82 Å². The highest BCUT2D eigenvalue weighted by molar-refractivity contribution is 5.70. The molecule has 2 aromatic rings. The molecule has 4 nitrogen and oxygen atoms in total. The van der Waals surface area contributed by atoms with E-state index in [1.165, 1.54) is 12.8 Å². The molecule has 0 bridgehead atoms. The van der Waals surface area contributed by atoms with Crippen LogP contribution in [0.15, 0.2) is 18.3 Å². The third-order valence-corrected chi connectivity index (χ3v) is 3.43. The lowest BCUT2D eigenvalue weighted by Crippen LogP contribution is -2.04. The molecule has 18 heavy (non-hydrogen) atoms. The topological polar surface area (TPSA) is 56.7 Å². The number of imidazole rings is 1. The number of rotatable bonds is 3. The molecule has 0 unspecified atom stereocenters. The first kappa shape index (κ1) is 11.3. The van der Waals surface area contributed by atoms with Gasteiger partial charge in [-0.3, -0.25) is 4.98 Å². The predicted octanol–water partition coefficient (Wildman–Crippen LogP) is 2.73. The van der Waals surface area contributed by atoms with Gasteiger partial charge in [-0.25, -0.2) is 4.98 Å². The largest absolute Gasteiger partial charge is 0.383 e. The molecule has 0 saturated heterocycles. The van der Waals surface area contributed by atoms with E-state index in [2.05, 4.69) is 21.5 Å². The maximum atomic E-state index is 6.26. The van der Waals surface area contributed by atoms with Crippen LogP contribution in [0.25, 0.3) is 11.3 Å². The van der Waals surface area contributed by atoms with Crippen LogP contribution in [0.2, 0.25) is 0 Å². The average molecular weight is 242 g/mol. The number of anilines is 1. The lowest BCUT2D eigenvalue weighted by atomic mass is 10.2. The van der Waals surface area contributed by atoms with Crippen LogP contribution in [0.3, 0.4) is 0 Å². The van der Waals surface area contributed by atoms with Gasteiger partial charge in [0.2, 0.25) is 0 Å². The minimum absolute atomic E-state index is 0.569. The highest BCUT2D eigenvalue weighted by atomic mass is 15.2. The van der Waals surface area contributed by atoms with Crippen molar-refractivity contribution in [2.45, 2.75) is 39.2 Å². The van der Waals surface area contributed by atoms with E-state index in [9.17, 15) is 0 Å². The monoisotopic (exact) mass is 242 g/mol. The second-order valence-corrected chi connectivity index (χ2v) is 4.90. The SMILES string of the molecule is CCc1nc(-c2ccc(C)nc2)c(N)n1C1CC1. The third-order valence-electron chi connectivity index (χ3n) is 3.43. The number of nitrogen functional groups attached to an aromatic ring is 1. The van der Waals surface area contributed by atoms with E-state index in [-0.39, 0.29) is 0 Å². The quantitative estimate of drug-likeness (QED) is 0.900. The summed E-state index contributed by atoms with van der Waals surface area (Å²) in [7, 11) is 0. The number of hydrogen-bond acceptors (Lipinski definition) is 3. The molecule has 3 rings (SSSR count). The Morgan fingerprint density at radius 2 is 2.17 bits per heavy atom. The van der Waals surface area contributed by atoms with Crippen LogP contribution in [0, 0.1) is 6.92 Å². The zero-order valence-electron chi connectivity index (χ0n) is 10.8. The Morgan fingerprint density at radius 1 is 1.39 bits per heavy atom. The van der Waals surface area contributed by atoms with Crippen LogP contribution in [0.5, 0.6) is 0 Å². The number of nitrogens with two attached hydrogens (primary N) is 1. The number of aromatic nitrogens is 3. The number of hydrogen-bond donors (Lipinski definition) is 1. The maximum absolute atomic E-state index is 6.26. The van der Waals surface area contributed by atoms with Gasteiger partial charge in [0.15, 0.2) is 0 Å². The molecular formula is C14H18N4. The summed E-state index contributed by atoms with van der Waals surface area (Å²) in [6.45, 7) is 4.10. The highest BCUT2D eigenvalue weighted by Crippen LogP contribution is 2.40. The Morgan fingerprint density at radius 3 is 2.72 bits per heavy atom. The molecule has 0 amide bonds. The number of nitrogens with zero attached hydrogens (tertiary/aromatic N) is 3. The van der Waals surface area contributed by atoms with Crippen molar-refractivity contribution in [1.82, 2.24) is 14.5 Å². The molecule has 0 spiro atoms. The van der Waals surface area contributed by atoms with Gasteiger partial charge in [0.1, 0.15) is 17.3 Å². The van der Waals surface area contributed by atoms with E-state index in [1.807, 2.05) is 25.3 Å². The van der Waals surface area contributed by atoms with Crippen molar-refractivity contribution < 1.29 is 0 Å². The maximum Gasteiger partial charge on any atom is 0.132 e. The summed E-state index contributed by atoms with van der Waals surface area (Å²) >= 11 is 0. The van der Waals surface area contributed by atoms with Gasteiger partial charge in [0, 0.05) is 29.9 Å². The fourth-order valence-corrected chi connectivity index (χ4v) is 2.30. The first-order chi connectivity index (χ1) is 8.70. The molecule has 1 saturated carbocycles. The van der Waals surface area contributed by atoms with Crippen molar-refractivity contribution in [3.05, 3.63) is 29.8 Å². The number of pyridine rings is 1. The lowest BCUT2D eigenvalue weighted by Gasteiger charge is -2.06. The molecule has 4 heteroatoms. The van der Waals surface area contributed by atoms with Crippen LogP contribution in [0.4, 0.5) is 5.82 Å². The summed E-state index contributed by atoms with van der Waals surface area (Å²) in [4.78, 5) is 9.00. The van der Waals surface area contributed by atoms with Crippen LogP contribution in [0.1, 0.15) is 37.3 Å². The third kappa shape index (κ3) is 1.78. The van der Waals surface area contributed by atoms with E-state index < -0.39 is 0 Å². The van der Waals surface area contributed by atoms with E-state index >= 15 is 0 Å². The fourth-order valence-electron chi connectivity index (χ4n) is 2.30.